The van der Waals surface area contributed by atoms with Crippen molar-refractivity contribution in [2.24, 2.45) is 0 Å². The lowest BCUT2D eigenvalue weighted by Crippen LogP contribution is -2.38. The zero-order chi connectivity index (χ0) is 20.7. The predicted octanol–water partition coefficient (Wildman–Crippen LogP) is 0.572. The van der Waals surface area contributed by atoms with Gasteiger partial charge in [0.1, 0.15) is 0 Å². The summed E-state index contributed by atoms with van der Waals surface area (Å²) in [4.78, 5) is 61.9. The minimum atomic E-state index is -0.626. The molecule has 2 aliphatic rings. The number of hydrogen-bond donors (Lipinski definition) is 2. The molecule has 1 aromatic heterocycles. The minimum Gasteiger partial charge on any atom is -0.338 e. The lowest BCUT2D eigenvalue weighted by Gasteiger charge is -2.26. The summed E-state index contributed by atoms with van der Waals surface area (Å²) in [6.45, 7) is 0.746. The van der Waals surface area contributed by atoms with Crippen LogP contribution in [-0.4, -0.2) is 55.7 Å². The number of rotatable bonds is 5. The topological polar surface area (TPSA) is 149 Å². The molecule has 0 saturated carbocycles. The van der Waals surface area contributed by atoms with Crippen LogP contribution in [-0.2, 0) is 17.8 Å². The fourth-order valence-corrected chi connectivity index (χ4v) is 3.67. The van der Waals surface area contributed by atoms with E-state index in [0.29, 0.717) is 18.5 Å². The lowest BCUT2D eigenvalue weighted by atomic mass is 10.1. The van der Waals surface area contributed by atoms with Gasteiger partial charge in [-0.05, 0) is 12.5 Å². The number of H-pyrrole nitrogens is 2. The van der Waals surface area contributed by atoms with Gasteiger partial charge in [0, 0.05) is 43.8 Å². The van der Waals surface area contributed by atoms with Crippen molar-refractivity contribution in [3.8, 4) is 0 Å². The van der Waals surface area contributed by atoms with Crippen molar-refractivity contribution in [3.63, 3.8) is 0 Å². The van der Waals surface area contributed by atoms with Gasteiger partial charge in [0.05, 0.1) is 28.2 Å². The molecule has 11 heteroatoms. The second-order valence-corrected chi connectivity index (χ2v) is 6.95. The van der Waals surface area contributed by atoms with Crippen LogP contribution < -0.4 is 5.56 Å². The number of nitrogens with zero attached hydrogens (tertiary/aromatic N) is 3. The van der Waals surface area contributed by atoms with E-state index in [1.807, 2.05) is 0 Å². The molecule has 2 aromatic rings. The van der Waals surface area contributed by atoms with Crippen molar-refractivity contribution in [2.45, 2.75) is 25.8 Å². The van der Waals surface area contributed by atoms with Crippen LogP contribution in [0.3, 0.4) is 0 Å². The average Bonchev–Trinajstić information content (AvgIpc) is 3.20. The maximum atomic E-state index is 12.5. The Labute approximate surface area is 163 Å². The number of aromatic amines is 2. The molecule has 3 heterocycles. The fourth-order valence-electron chi connectivity index (χ4n) is 3.67. The Bertz CT molecular complexity index is 1100. The Morgan fingerprint density at radius 3 is 2.66 bits per heavy atom. The van der Waals surface area contributed by atoms with E-state index >= 15 is 0 Å². The van der Waals surface area contributed by atoms with Gasteiger partial charge in [-0.15, -0.1) is 0 Å². The third kappa shape index (κ3) is 3.20. The number of fused-ring (bicyclic) bond motifs is 2. The number of nitro benzene ring substituents is 1. The van der Waals surface area contributed by atoms with Crippen molar-refractivity contribution in [1.29, 1.82) is 0 Å². The Kier molecular flexibility index (Phi) is 4.49. The number of nitrogens with one attached hydrogen (secondary N) is 2. The number of aromatic nitrogens is 2. The Hall–Kier alpha value is -3.76. The number of carbonyl (C=O) groups excluding carboxylic acids is 3. The van der Waals surface area contributed by atoms with Crippen molar-refractivity contribution in [1.82, 2.24) is 20.0 Å². The number of hydrogen-bond acceptors (Lipinski definition) is 6. The molecule has 0 spiro atoms. The normalized spacial score (nSPS) is 15.4. The van der Waals surface area contributed by atoms with Gasteiger partial charge in [-0.25, -0.2) is 0 Å². The highest BCUT2D eigenvalue weighted by Crippen LogP contribution is 2.27. The number of carbonyl (C=O) groups is 3. The summed E-state index contributed by atoms with van der Waals surface area (Å²) >= 11 is 0. The minimum absolute atomic E-state index is 0.00534. The average molecular weight is 399 g/mol. The highest BCUT2D eigenvalue weighted by molar-refractivity contribution is 6.21. The zero-order valence-electron chi connectivity index (χ0n) is 15.3. The highest BCUT2D eigenvalue weighted by Gasteiger charge is 2.36. The number of non-ortho nitro benzene ring substituents is 1. The van der Waals surface area contributed by atoms with Crippen molar-refractivity contribution in [3.05, 3.63) is 61.1 Å². The van der Waals surface area contributed by atoms with Crippen LogP contribution in [0.1, 0.15) is 44.8 Å². The maximum absolute atomic E-state index is 12.5. The summed E-state index contributed by atoms with van der Waals surface area (Å²) in [5.41, 5.74) is 0.988. The van der Waals surface area contributed by atoms with Crippen LogP contribution in [0, 0.1) is 10.1 Å². The van der Waals surface area contributed by atoms with Gasteiger partial charge >= 0.3 is 0 Å². The second-order valence-electron chi connectivity index (χ2n) is 6.95. The molecular formula is C18H17N5O6. The molecule has 0 aliphatic carbocycles. The van der Waals surface area contributed by atoms with E-state index in [0.717, 1.165) is 16.7 Å². The first-order valence-electron chi connectivity index (χ1n) is 9.07. The molecule has 2 aliphatic heterocycles. The second kappa shape index (κ2) is 7.00. The van der Waals surface area contributed by atoms with Gasteiger partial charge in [0.15, 0.2) is 0 Å². The van der Waals surface area contributed by atoms with Crippen LogP contribution in [0.2, 0.25) is 0 Å². The van der Waals surface area contributed by atoms with Crippen LogP contribution in [0.25, 0.3) is 0 Å². The summed E-state index contributed by atoms with van der Waals surface area (Å²) in [5.74, 6) is -1.28. The van der Waals surface area contributed by atoms with Gasteiger partial charge in [0.2, 0.25) is 5.91 Å². The van der Waals surface area contributed by atoms with Crippen molar-refractivity contribution >= 4 is 23.4 Å². The fraction of sp³-hybridized carbons (Fsp3) is 0.333. The smallest absolute Gasteiger partial charge is 0.270 e. The van der Waals surface area contributed by atoms with Gasteiger partial charge in [0.25, 0.3) is 23.1 Å². The molecule has 0 fully saturated rings. The third-order valence-corrected chi connectivity index (χ3v) is 5.24. The Morgan fingerprint density at radius 2 is 1.90 bits per heavy atom. The summed E-state index contributed by atoms with van der Waals surface area (Å²) in [6.07, 6.45) is 0.932. The summed E-state index contributed by atoms with van der Waals surface area (Å²) in [6, 6.07) is 3.56. The van der Waals surface area contributed by atoms with Gasteiger partial charge in [-0.3, -0.25) is 39.3 Å². The molecule has 0 atom stereocenters. The van der Waals surface area contributed by atoms with E-state index in [1.54, 1.807) is 4.90 Å². The standard InChI is InChI=1S/C18H17N5O6/c24-15(21-7-5-14-13(9-21)16(25)20-19-14)2-1-6-22-17(26)11-4-3-10(23(28)29)8-12(11)18(22)27/h3-4,8H,1-2,5-7,9H2,(H2,19,20,25). The van der Waals surface area contributed by atoms with E-state index in [1.165, 1.54) is 12.1 Å². The molecule has 0 radical (unpaired) electrons. The van der Waals surface area contributed by atoms with E-state index in [9.17, 15) is 29.3 Å². The number of amides is 3. The number of benzene rings is 1. The maximum Gasteiger partial charge on any atom is 0.270 e. The first-order valence-corrected chi connectivity index (χ1v) is 9.07. The van der Waals surface area contributed by atoms with Gasteiger partial charge in [-0.2, -0.15) is 0 Å². The number of nitro groups is 1. The number of imide groups is 1. The third-order valence-electron chi connectivity index (χ3n) is 5.24. The molecular weight excluding hydrogens is 382 g/mol. The highest BCUT2D eigenvalue weighted by atomic mass is 16.6. The van der Waals surface area contributed by atoms with E-state index < -0.39 is 16.7 Å². The van der Waals surface area contributed by atoms with Gasteiger partial charge < -0.3 is 10.00 Å². The molecule has 1 aromatic carbocycles. The predicted molar refractivity (Wildman–Crippen MR) is 98.2 cm³/mol. The summed E-state index contributed by atoms with van der Waals surface area (Å²) < 4.78 is 0. The molecule has 0 unspecified atom stereocenters. The first-order chi connectivity index (χ1) is 13.9. The van der Waals surface area contributed by atoms with E-state index in [4.69, 9.17) is 0 Å². The Morgan fingerprint density at radius 1 is 1.14 bits per heavy atom. The lowest BCUT2D eigenvalue weighted by molar-refractivity contribution is -0.384. The quantitative estimate of drug-likeness (QED) is 0.426. The molecule has 0 saturated heterocycles. The van der Waals surface area contributed by atoms with Crippen LogP contribution in [0.15, 0.2) is 23.0 Å². The largest absolute Gasteiger partial charge is 0.338 e. The van der Waals surface area contributed by atoms with E-state index in [2.05, 4.69) is 10.2 Å². The molecule has 0 bridgehead atoms. The Balaban J connectivity index is 1.36. The molecule has 29 heavy (non-hydrogen) atoms. The monoisotopic (exact) mass is 399 g/mol. The van der Waals surface area contributed by atoms with Crippen LogP contribution in [0.4, 0.5) is 5.69 Å². The van der Waals surface area contributed by atoms with Crippen molar-refractivity contribution in [2.75, 3.05) is 13.1 Å². The molecule has 11 nitrogen and oxygen atoms in total. The van der Waals surface area contributed by atoms with Crippen LogP contribution in [0.5, 0.6) is 0 Å². The first kappa shape index (κ1) is 18.6. The van der Waals surface area contributed by atoms with Gasteiger partial charge in [-0.1, -0.05) is 0 Å². The van der Waals surface area contributed by atoms with E-state index in [-0.39, 0.29) is 54.2 Å². The van der Waals surface area contributed by atoms with Crippen molar-refractivity contribution < 1.29 is 19.3 Å². The molecule has 150 valence electrons. The molecule has 4 rings (SSSR count). The van der Waals surface area contributed by atoms with Crippen LogP contribution >= 0.6 is 0 Å². The molecule has 3 amide bonds. The summed E-state index contributed by atoms with van der Waals surface area (Å²) in [5, 5.41) is 16.2. The molecule has 2 N–H and O–H groups in total. The zero-order valence-corrected chi connectivity index (χ0v) is 15.3. The SMILES string of the molecule is O=C(CCCN1C(=O)c2ccc([N+](=O)[O-])cc2C1=O)N1CCc2[nH][nH]c(=O)c2C1. The summed E-state index contributed by atoms with van der Waals surface area (Å²) in [7, 11) is 0.